The van der Waals surface area contributed by atoms with E-state index < -0.39 is 0 Å². The maximum Gasteiger partial charge on any atom is 0.246 e. The van der Waals surface area contributed by atoms with Gasteiger partial charge >= 0.3 is 0 Å². The molecule has 30 heavy (non-hydrogen) atoms. The Morgan fingerprint density at radius 3 is 2.90 bits per heavy atom. The third-order valence-electron chi connectivity index (χ3n) is 5.44. The van der Waals surface area contributed by atoms with Gasteiger partial charge in [0, 0.05) is 36.8 Å². The number of fused-ring (bicyclic) bond motifs is 1. The molecule has 0 unspecified atom stereocenters. The molecule has 0 radical (unpaired) electrons. The molecule has 2 aromatic rings. The van der Waals surface area contributed by atoms with Crippen molar-refractivity contribution in [1.82, 2.24) is 9.88 Å². The van der Waals surface area contributed by atoms with Crippen LogP contribution < -0.4 is 5.32 Å². The second-order valence-electron chi connectivity index (χ2n) is 7.79. The Morgan fingerprint density at radius 1 is 1.20 bits per heavy atom. The number of nitrogens with one attached hydrogen (secondary N) is 1. The summed E-state index contributed by atoms with van der Waals surface area (Å²) in [7, 11) is 0. The molecule has 0 aliphatic carbocycles. The van der Waals surface area contributed by atoms with Crippen molar-refractivity contribution < 1.29 is 9.59 Å². The van der Waals surface area contributed by atoms with Crippen LogP contribution in [-0.4, -0.2) is 34.8 Å². The minimum Gasteiger partial charge on any atom is -0.335 e. The first kappa shape index (κ1) is 20.4. The number of nitrogens with zero attached hydrogens (tertiary/aromatic N) is 2. The topological polar surface area (TPSA) is 62.3 Å². The van der Waals surface area contributed by atoms with Gasteiger partial charge in [0.15, 0.2) is 0 Å². The first-order valence-corrected chi connectivity index (χ1v) is 10.6. The van der Waals surface area contributed by atoms with E-state index in [4.69, 9.17) is 11.6 Å². The molecule has 3 heterocycles. The maximum atomic E-state index is 12.7. The zero-order chi connectivity index (χ0) is 21.1. The molecule has 4 rings (SSSR count). The Morgan fingerprint density at radius 2 is 2.07 bits per heavy atom. The average Bonchev–Trinajstić information content (AvgIpc) is 2.97. The predicted octanol–water partition coefficient (Wildman–Crippen LogP) is 4.65. The van der Waals surface area contributed by atoms with Gasteiger partial charge in [-0.3, -0.25) is 9.59 Å². The Balaban J connectivity index is 1.44. The van der Waals surface area contributed by atoms with Crippen LogP contribution in [0.25, 0.3) is 11.6 Å². The van der Waals surface area contributed by atoms with Crippen LogP contribution in [0.1, 0.15) is 41.5 Å². The van der Waals surface area contributed by atoms with E-state index in [2.05, 4.69) is 22.4 Å². The summed E-state index contributed by atoms with van der Waals surface area (Å²) < 4.78 is 0. The normalized spacial score (nSPS) is 16.7. The van der Waals surface area contributed by atoms with Gasteiger partial charge in [-0.05, 0) is 78.3 Å². The fourth-order valence-electron chi connectivity index (χ4n) is 3.90. The van der Waals surface area contributed by atoms with E-state index in [0.29, 0.717) is 25.2 Å². The lowest BCUT2D eigenvalue weighted by molar-refractivity contribution is -0.125. The van der Waals surface area contributed by atoms with Crippen molar-refractivity contribution in [2.45, 2.75) is 32.6 Å². The highest BCUT2D eigenvalue weighted by molar-refractivity contribution is 6.30. The van der Waals surface area contributed by atoms with Gasteiger partial charge < -0.3 is 10.2 Å². The van der Waals surface area contributed by atoms with E-state index in [1.165, 1.54) is 5.57 Å². The Labute approximate surface area is 181 Å². The van der Waals surface area contributed by atoms with Crippen LogP contribution in [0, 0.1) is 6.92 Å². The number of anilines is 1. The van der Waals surface area contributed by atoms with Crippen molar-refractivity contribution in [3.63, 3.8) is 0 Å². The molecule has 0 bridgehead atoms. The molecule has 0 fully saturated rings. The predicted molar refractivity (Wildman–Crippen MR) is 120 cm³/mol. The number of aryl methyl sites for hydroxylation is 2. The zero-order valence-corrected chi connectivity index (χ0v) is 17.7. The number of halogens is 1. The molecule has 2 aliphatic heterocycles. The summed E-state index contributed by atoms with van der Waals surface area (Å²) in [5.41, 5.74) is 5.37. The third-order valence-corrected chi connectivity index (χ3v) is 5.66. The van der Waals surface area contributed by atoms with E-state index >= 15 is 0 Å². The monoisotopic (exact) mass is 421 g/mol. The van der Waals surface area contributed by atoms with Gasteiger partial charge in [0.25, 0.3) is 0 Å². The van der Waals surface area contributed by atoms with Gasteiger partial charge in [-0.2, -0.15) is 0 Å². The van der Waals surface area contributed by atoms with Crippen molar-refractivity contribution in [3.05, 3.63) is 69.9 Å². The molecule has 6 heteroatoms. The second kappa shape index (κ2) is 8.84. The lowest BCUT2D eigenvalue weighted by Crippen LogP contribution is -2.29. The largest absolute Gasteiger partial charge is 0.335 e. The van der Waals surface area contributed by atoms with Gasteiger partial charge in [0.2, 0.25) is 11.8 Å². The van der Waals surface area contributed by atoms with E-state index in [-0.39, 0.29) is 11.8 Å². The molecule has 0 saturated carbocycles. The number of carbonyl (C=O) groups excluding carboxylic acids is 2. The first-order valence-electron chi connectivity index (χ1n) is 10.2. The SMILES string of the molecule is Cc1cc(Cl)cc(C2=CCN(C(=O)/C=C/c3cnc4c(c3)CCC(=O)N4)CCC2)c1. The molecule has 0 spiro atoms. The van der Waals surface area contributed by atoms with Crippen LogP contribution in [0.15, 0.2) is 42.6 Å². The summed E-state index contributed by atoms with van der Waals surface area (Å²) in [6.07, 6.45) is 10.2. The van der Waals surface area contributed by atoms with Crippen LogP contribution >= 0.6 is 11.6 Å². The van der Waals surface area contributed by atoms with E-state index in [1.54, 1.807) is 18.3 Å². The number of rotatable bonds is 3. The first-order chi connectivity index (χ1) is 14.5. The summed E-state index contributed by atoms with van der Waals surface area (Å²) in [5, 5.41) is 3.51. The highest BCUT2D eigenvalue weighted by Crippen LogP contribution is 2.27. The lowest BCUT2D eigenvalue weighted by Gasteiger charge is -2.17. The quantitative estimate of drug-likeness (QED) is 0.734. The number of amides is 2. The minimum absolute atomic E-state index is 0.00464. The number of carbonyl (C=O) groups is 2. The Kier molecular flexibility index (Phi) is 6.00. The molecule has 0 atom stereocenters. The molecule has 0 saturated heterocycles. The van der Waals surface area contributed by atoms with E-state index in [0.717, 1.165) is 46.7 Å². The lowest BCUT2D eigenvalue weighted by atomic mass is 10.00. The zero-order valence-electron chi connectivity index (χ0n) is 17.0. The van der Waals surface area contributed by atoms with Crippen LogP contribution in [0.2, 0.25) is 5.02 Å². The van der Waals surface area contributed by atoms with E-state index in [9.17, 15) is 9.59 Å². The summed E-state index contributed by atoms with van der Waals surface area (Å²) >= 11 is 6.21. The number of benzene rings is 1. The van der Waals surface area contributed by atoms with Crippen LogP contribution in [0.5, 0.6) is 0 Å². The molecule has 2 aliphatic rings. The van der Waals surface area contributed by atoms with Crippen molar-refractivity contribution in [2.24, 2.45) is 0 Å². The Bertz CT molecular complexity index is 1040. The highest BCUT2D eigenvalue weighted by Gasteiger charge is 2.17. The smallest absolute Gasteiger partial charge is 0.246 e. The molecule has 1 aromatic carbocycles. The molecule has 154 valence electrons. The highest BCUT2D eigenvalue weighted by atomic mass is 35.5. The fourth-order valence-corrected chi connectivity index (χ4v) is 4.19. The van der Waals surface area contributed by atoms with Crippen LogP contribution in [-0.2, 0) is 16.0 Å². The molecule has 2 amide bonds. The summed E-state index contributed by atoms with van der Waals surface area (Å²) in [6.45, 7) is 3.34. The third kappa shape index (κ3) is 4.79. The Hall–Kier alpha value is -2.92. The maximum absolute atomic E-state index is 12.7. The van der Waals surface area contributed by atoms with Gasteiger partial charge in [-0.1, -0.05) is 23.7 Å². The number of pyridine rings is 1. The van der Waals surface area contributed by atoms with Crippen molar-refractivity contribution in [1.29, 1.82) is 0 Å². The van der Waals surface area contributed by atoms with Crippen molar-refractivity contribution in [3.8, 4) is 0 Å². The molecule has 1 aromatic heterocycles. The van der Waals surface area contributed by atoms with E-state index in [1.807, 2.05) is 30.0 Å². The van der Waals surface area contributed by atoms with Crippen molar-refractivity contribution in [2.75, 3.05) is 18.4 Å². The van der Waals surface area contributed by atoms with Gasteiger partial charge in [0.05, 0.1) is 0 Å². The fraction of sp³-hybridized carbons (Fsp3) is 0.292. The van der Waals surface area contributed by atoms with Gasteiger partial charge in [0.1, 0.15) is 5.82 Å². The van der Waals surface area contributed by atoms with Crippen molar-refractivity contribution >= 4 is 40.9 Å². The number of aromatic nitrogens is 1. The van der Waals surface area contributed by atoms with Gasteiger partial charge in [-0.15, -0.1) is 0 Å². The number of hydrogen-bond donors (Lipinski definition) is 1. The number of allylic oxidation sites excluding steroid dienone is 1. The summed E-state index contributed by atoms with van der Waals surface area (Å²) in [6, 6.07) is 8.06. The molecule has 1 N–H and O–H groups in total. The molecule has 5 nitrogen and oxygen atoms in total. The second-order valence-corrected chi connectivity index (χ2v) is 8.23. The van der Waals surface area contributed by atoms with Gasteiger partial charge in [-0.25, -0.2) is 4.98 Å². The number of hydrogen-bond acceptors (Lipinski definition) is 3. The molecular formula is C24H24ClN3O2. The minimum atomic E-state index is -0.0131. The van der Waals surface area contributed by atoms with Crippen LogP contribution in [0.3, 0.4) is 0 Å². The average molecular weight is 422 g/mol. The summed E-state index contributed by atoms with van der Waals surface area (Å²) in [4.78, 5) is 30.3. The standard InChI is InChI=1S/C24H24ClN3O2/c1-16-11-20(14-21(25)12-16)18-3-2-9-28(10-8-18)23(30)7-4-17-13-19-5-6-22(29)27-24(19)26-15-17/h4,7-8,11-15H,2-3,5-6,9-10H2,1H3,(H,26,27,29)/b7-4+. The summed E-state index contributed by atoms with van der Waals surface area (Å²) in [5.74, 6) is 0.604. The van der Waals surface area contributed by atoms with Crippen LogP contribution in [0.4, 0.5) is 5.82 Å². The molecular weight excluding hydrogens is 398 g/mol.